The molecule has 1 unspecified atom stereocenters. The Hall–Kier alpha value is -2.90. The van der Waals surface area contributed by atoms with Gasteiger partial charge in [0.1, 0.15) is 5.54 Å². The van der Waals surface area contributed by atoms with Crippen LogP contribution in [0.3, 0.4) is 0 Å². The van der Waals surface area contributed by atoms with Crippen LogP contribution >= 0.6 is 31.9 Å². The highest BCUT2D eigenvalue weighted by Gasteiger charge is 2.77. The molecule has 0 N–H and O–H groups in total. The average molecular weight is 696 g/mol. The quantitative estimate of drug-likeness (QED) is 0.200. The van der Waals surface area contributed by atoms with Gasteiger partial charge in [0.05, 0.1) is 5.41 Å². The second kappa shape index (κ2) is 10.1. The molecule has 0 bridgehead atoms. The Bertz CT molecular complexity index is 1830. The van der Waals surface area contributed by atoms with Crippen LogP contribution in [-0.2, 0) is 10.3 Å². The molecule has 216 valence electrons. The fourth-order valence-electron chi connectivity index (χ4n) is 9.18. The zero-order valence-corrected chi connectivity index (χ0v) is 27.2. The van der Waals surface area contributed by atoms with Crippen LogP contribution in [0.1, 0.15) is 52.2 Å². The summed E-state index contributed by atoms with van der Waals surface area (Å²) >= 11 is 7.19. The van der Waals surface area contributed by atoms with Gasteiger partial charge in [0.2, 0.25) is 0 Å². The Labute approximate surface area is 269 Å². The molecular weight excluding hydrogens is 664 g/mol. The second-order valence-electron chi connectivity index (χ2n) is 12.7. The molecule has 3 aliphatic heterocycles. The summed E-state index contributed by atoms with van der Waals surface area (Å²) in [6, 6.07) is 29.1. The molecule has 4 aliphatic rings. The van der Waals surface area contributed by atoms with E-state index in [2.05, 4.69) is 103 Å². The zero-order valence-electron chi connectivity index (χ0n) is 24.0. The molecule has 0 aromatic heterocycles. The van der Waals surface area contributed by atoms with Gasteiger partial charge in [-0.15, -0.1) is 0 Å². The molecule has 3 heterocycles. The molecule has 4 aromatic carbocycles. The van der Waals surface area contributed by atoms with E-state index in [0.717, 1.165) is 73.4 Å². The largest absolute Gasteiger partial charge is 0.301 e. The lowest BCUT2D eigenvalue weighted by molar-refractivity contribution is -0.134. The zero-order chi connectivity index (χ0) is 29.5. The number of hydrogen-bond acceptors (Lipinski definition) is 4. The predicted molar refractivity (Wildman–Crippen MR) is 178 cm³/mol. The monoisotopic (exact) mass is 694 g/mol. The topological polar surface area (TPSA) is 40.6 Å². The van der Waals surface area contributed by atoms with E-state index >= 15 is 9.59 Å². The molecule has 0 radical (unpaired) electrons. The van der Waals surface area contributed by atoms with Crippen molar-refractivity contribution in [2.24, 2.45) is 5.41 Å². The minimum Gasteiger partial charge on any atom is -0.301 e. The van der Waals surface area contributed by atoms with Crippen molar-refractivity contribution in [3.8, 4) is 0 Å². The fraction of sp³-hybridized carbons (Fsp3) is 0.297. The van der Waals surface area contributed by atoms with Crippen LogP contribution in [0.25, 0.3) is 16.8 Å². The first-order valence-corrected chi connectivity index (χ1v) is 16.7. The Morgan fingerprint density at radius 3 is 2.28 bits per heavy atom. The summed E-state index contributed by atoms with van der Waals surface area (Å²) in [6.45, 7) is 1.88. The number of likely N-dealkylation sites (tertiary alicyclic amines) is 1. The Morgan fingerprint density at radius 1 is 0.837 bits per heavy atom. The van der Waals surface area contributed by atoms with Crippen molar-refractivity contribution in [1.29, 1.82) is 0 Å². The van der Waals surface area contributed by atoms with E-state index in [1.54, 1.807) is 0 Å². The highest BCUT2D eigenvalue weighted by molar-refractivity contribution is 9.10. The average Bonchev–Trinajstić information content (AvgIpc) is 3.42. The summed E-state index contributed by atoms with van der Waals surface area (Å²) in [5, 5.41) is 2.09. The van der Waals surface area contributed by atoms with Gasteiger partial charge in [-0.25, -0.2) is 0 Å². The van der Waals surface area contributed by atoms with E-state index in [1.165, 1.54) is 0 Å². The van der Waals surface area contributed by atoms with Crippen molar-refractivity contribution in [3.63, 3.8) is 0 Å². The number of hydrogen-bond donors (Lipinski definition) is 0. The van der Waals surface area contributed by atoms with E-state index in [1.807, 2.05) is 36.4 Å². The SMILES string of the molecule is CN1C/C(=C\c2ccc(Br)cc2)C(=O)C2(C1)[C@@H](c1ccc(Br)cc1)[C@@H]1CCCCN1[C@@]21C(=O)c2cccc3cccc1c23. The van der Waals surface area contributed by atoms with Crippen molar-refractivity contribution < 1.29 is 9.59 Å². The highest BCUT2D eigenvalue weighted by atomic mass is 79.9. The Balaban J connectivity index is 1.46. The first kappa shape index (κ1) is 27.6. The standard InChI is InChI=1S/C37H32Br2N2O2/c1-40-21-26(20-23-11-15-27(38)16-12-23)34(42)36(22-40)33(25-13-17-28(39)18-14-25)31-10-2-3-19-41(31)37(36)30-9-5-7-24-6-4-8-29(32(24)30)35(37)43/h4-9,11-18,20,31,33H,2-3,10,19,21-22H2,1H3/b26-20+/t31-,33-,36?,37-/m0/s1. The van der Waals surface area contributed by atoms with E-state index < -0.39 is 11.0 Å². The van der Waals surface area contributed by atoms with Crippen molar-refractivity contribution in [1.82, 2.24) is 9.80 Å². The van der Waals surface area contributed by atoms with Crippen LogP contribution in [0, 0.1) is 5.41 Å². The van der Waals surface area contributed by atoms with Crippen molar-refractivity contribution >= 4 is 60.3 Å². The van der Waals surface area contributed by atoms with Crippen molar-refractivity contribution in [3.05, 3.63) is 122 Å². The number of piperidine rings is 2. The summed E-state index contributed by atoms with van der Waals surface area (Å²) in [5.41, 5.74) is 2.59. The third-order valence-electron chi connectivity index (χ3n) is 10.5. The first-order chi connectivity index (χ1) is 20.9. The van der Waals surface area contributed by atoms with Gasteiger partial charge in [-0.05, 0) is 84.2 Å². The van der Waals surface area contributed by atoms with Crippen molar-refractivity contribution in [2.45, 2.75) is 36.8 Å². The van der Waals surface area contributed by atoms with Gasteiger partial charge in [-0.1, -0.05) is 98.9 Å². The molecule has 4 aromatic rings. The lowest BCUT2D eigenvalue weighted by Crippen LogP contribution is -2.65. The van der Waals surface area contributed by atoms with Crippen LogP contribution in [0.15, 0.2) is 99.4 Å². The maximum absolute atomic E-state index is 15.6. The van der Waals surface area contributed by atoms with Gasteiger partial charge in [-0.2, -0.15) is 0 Å². The number of nitrogens with zero attached hydrogens (tertiary/aromatic N) is 2. The molecule has 2 spiro atoms. The smallest absolute Gasteiger partial charge is 0.189 e. The molecule has 4 atom stereocenters. The first-order valence-electron chi connectivity index (χ1n) is 15.1. The molecule has 3 fully saturated rings. The number of rotatable bonds is 2. The van der Waals surface area contributed by atoms with Crippen LogP contribution in [0.2, 0.25) is 0 Å². The van der Waals surface area contributed by atoms with Gasteiger partial charge in [0.15, 0.2) is 11.6 Å². The molecule has 0 saturated carbocycles. The second-order valence-corrected chi connectivity index (χ2v) is 14.6. The molecule has 3 saturated heterocycles. The third kappa shape index (κ3) is 3.73. The molecule has 0 amide bonds. The number of carbonyl (C=O) groups excluding carboxylic acids is 2. The van der Waals surface area contributed by atoms with Gasteiger partial charge in [0, 0.05) is 45.1 Å². The van der Waals surface area contributed by atoms with Crippen LogP contribution in [-0.4, -0.2) is 54.1 Å². The number of fused-ring (bicyclic) bond motifs is 4. The Kier molecular flexibility index (Phi) is 6.47. The molecule has 1 aliphatic carbocycles. The van der Waals surface area contributed by atoms with Crippen molar-refractivity contribution in [2.75, 3.05) is 26.7 Å². The van der Waals surface area contributed by atoms with Gasteiger partial charge >= 0.3 is 0 Å². The van der Waals surface area contributed by atoms with E-state index in [9.17, 15) is 0 Å². The lowest BCUT2D eigenvalue weighted by Gasteiger charge is -2.52. The third-order valence-corrected chi connectivity index (χ3v) is 11.6. The van der Waals surface area contributed by atoms with E-state index in [4.69, 9.17) is 0 Å². The highest BCUT2D eigenvalue weighted by Crippen LogP contribution is 2.69. The van der Waals surface area contributed by atoms with Crippen LogP contribution in [0.4, 0.5) is 0 Å². The molecular formula is C37H32Br2N2O2. The minimum absolute atomic E-state index is 0.0767. The number of ketones is 2. The molecule has 4 nitrogen and oxygen atoms in total. The number of carbonyl (C=O) groups is 2. The van der Waals surface area contributed by atoms with Crippen LogP contribution in [0.5, 0.6) is 0 Å². The maximum Gasteiger partial charge on any atom is 0.189 e. The summed E-state index contributed by atoms with van der Waals surface area (Å²) in [6.07, 6.45) is 5.14. The summed E-state index contributed by atoms with van der Waals surface area (Å²) in [7, 11) is 2.11. The number of likely N-dealkylation sites (N-methyl/N-ethyl adjacent to an activating group) is 1. The van der Waals surface area contributed by atoms with Gasteiger partial charge < -0.3 is 4.90 Å². The Morgan fingerprint density at radius 2 is 1.53 bits per heavy atom. The van der Waals surface area contributed by atoms with Gasteiger partial charge in [-0.3, -0.25) is 14.5 Å². The number of benzene rings is 4. The normalized spacial score (nSPS) is 29.8. The fourth-order valence-corrected chi connectivity index (χ4v) is 9.70. The van der Waals surface area contributed by atoms with Crippen LogP contribution < -0.4 is 0 Å². The minimum atomic E-state index is -1.08. The molecule has 6 heteroatoms. The summed E-state index contributed by atoms with van der Waals surface area (Å²) in [4.78, 5) is 35.8. The number of Topliss-reactive ketones (excluding diaryl/α,β-unsaturated/α-hetero) is 2. The maximum atomic E-state index is 15.6. The van der Waals surface area contributed by atoms with E-state index in [-0.39, 0.29) is 23.5 Å². The molecule has 43 heavy (non-hydrogen) atoms. The summed E-state index contributed by atoms with van der Waals surface area (Å²) in [5.74, 6) is 0.0736. The number of halogens is 2. The summed E-state index contributed by atoms with van der Waals surface area (Å²) < 4.78 is 2.01. The van der Waals surface area contributed by atoms with E-state index in [0.29, 0.717) is 13.1 Å². The predicted octanol–water partition coefficient (Wildman–Crippen LogP) is 7.99. The van der Waals surface area contributed by atoms with Gasteiger partial charge in [0.25, 0.3) is 0 Å². The lowest BCUT2D eigenvalue weighted by atomic mass is 9.54. The molecule has 8 rings (SSSR count).